The highest BCUT2D eigenvalue weighted by Gasteiger charge is 2.46. The summed E-state index contributed by atoms with van der Waals surface area (Å²) in [6.07, 6.45) is 3.78. The van der Waals surface area contributed by atoms with Crippen LogP contribution in [0.3, 0.4) is 0 Å². The van der Waals surface area contributed by atoms with Crippen molar-refractivity contribution in [3.63, 3.8) is 0 Å². The monoisotopic (exact) mass is 569 g/mol. The minimum atomic E-state index is -1.07. The van der Waals surface area contributed by atoms with E-state index in [-0.39, 0.29) is 29.7 Å². The number of carbonyl (C=O) groups is 4. The number of nitrogens with one attached hydrogen (secondary N) is 2. The predicted molar refractivity (Wildman–Crippen MR) is 154 cm³/mol. The van der Waals surface area contributed by atoms with E-state index in [4.69, 9.17) is 14.9 Å². The molecule has 4 atom stereocenters. The van der Waals surface area contributed by atoms with E-state index >= 15 is 0 Å². The molecule has 1 aliphatic carbocycles. The van der Waals surface area contributed by atoms with Crippen LogP contribution in [0.25, 0.3) is 11.1 Å². The van der Waals surface area contributed by atoms with Gasteiger partial charge in [0.05, 0.1) is 13.2 Å². The molecule has 0 radical (unpaired) electrons. The quantitative estimate of drug-likeness (QED) is 0.348. The maximum atomic E-state index is 14.2. The Hall–Kier alpha value is -3.63. The highest BCUT2D eigenvalue weighted by Crippen LogP contribution is 2.35. The topological polar surface area (TPSA) is 157 Å². The highest BCUT2D eigenvalue weighted by atomic mass is 16.5. The maximum absolute atomic E-state index is 14.2. The number of likely N-dealkylation sites (tertiary alicyclic amines) is 1. The Morgan fingerprint density at radius 3 is 2.46 bits per heavy atom. The summed E-state index contributed by atoms with van der Waals surface area (Å²) in [5.74, 6) is -1.36. The second-order valence-corrected chi connectivity index (χ2v) is 12.9. The fourth-order valence-electron chi connectivity index (χ4n) is 5.61. The van der Waals surface area contributed by atoms with Crippen LogP contribution in [0.4, 0.5) is 6.01 Å². The zero-order valence-electron chi connectivity index (χ0n) is 24.9. The SMILES string of the molecule is COc1ccc2oc(N[C@H](C(=O)N3CC(C(C)C)C[C@H]3C(=O)NC(CC3CCC3)C(=O)C(N)=O)C(C)(C)C)nc2c1. The van der Waals surface area contributed by atoms with Crippen LogP contribution < -0.4 is 21.1 Å². The molecule has 1 aliphatic heterocycles. The molecule has 11 heteroatoms. The van der Waals surface area contributed by atoms with Gasteiger partial charge in [-0.05, 0) is 48.1 Å². The standard InChI is InChI=1S/C30H43N5O6/c1-16(2)18-13-22(27(38)32-21(24(36)26(31)37)12-17-8-7-9-17)35(15-18)28(39)25(30(3,4)5)34-29-33-20-14-19(40-6)10-11-23(20)41-29/h10-11,14,16-18,21-22,25H,7-9,12-13,15H2,1-6H3,(H2,31,37)(H,32,38)(H,33,34)/t18?,21?,22-,25+/m0/s1. The van der Waals surface area contributed by atoms with Crippen LogP contribution in [0.1, 0.15) is 66.7 Å². The van der Waals surface area contributed by atoms with E-state index in [0.29, 0.717) is 36.2 Å². The molecule has 0 bridgehead atoms. The number of rotatable bonds is 11. The average Bonchev–Trinajstić information content (AvgIpc) is 3.51. The molecule has 4 rings (SSSR count). The zero-order chi connectivity index (χ0) is 30.1. The van der Waals surface area contributed by atoms with Crippen molar-refractivity contribution in [2.24, 2.45) is 28.9 Å². The number of carbonyl (C=O) groups excluding carboxylic acids is 4. The van der Waals surface area contributed by atoms with Crippen LogP contribution in [0, 0.1) is 23.2 Å². The van der Waals surface area contributed by atoms with Crippen molar-refractivity contribution < 1.29 is 28.3 Å². The molecule has 2 fully saturated rings. The number of methoxy groups -OCH3 is 1. The number of anilines is 1. The number of ether oxygens (including phenoxy) is 1. The Morgan fingerprint density at radius 1 is 1.20 bits per heavy atom. The molecular weight excluding hydrogens is 526 g/mol. The van der Waals surface area contributed by atoms with Crippen LogP contribution in [-0.2, 0) is 19.2 Å². The summed E-state index contributed by atoms with van der Waals surface area (Å²) < 4.78 is 11.2. The molecule has 1 saturated carbocycles. The molecule has 11 nitrogen and oxygen atoms in total. The highest BCUT2D eigenvalue weighted by molar-refractivity contribution is 6.37. The molecule has 4 N–H and O–H groups in total. The number of Topliss-reactive ketones (excluding diaryl/α,β-unsaturated/α-hetero) is 1. The van der Waals surface area contributed by atoms with Crippen LogP contribution in [0.15, 0.2) is 22.6 Å². The van der Waals surface area contributed by atoms with Gasteiger partial charge in [-0.3, -0.25) is 19.2 Å². The molecule has 3 amide bonds. The Morgan fingerprint density at radius 2 is 1.90 bits per heavy atom. The number of primary amides is 1. The van der Waals surface area contributed by atoms with Crippen molar-refractivity contribution in [1.29, 1.82) is 0 Å². The maximum Gasteiger partial charge on any atom is 0.296 e. The predicted octanol–water partition coefficient (Wildman–Crippen LogP) is 3.27. The van der Waals surface area contributed by atoms with Crippen LogP contribution in [0.5, 0.6) is 5.75 Å². The summed E-state index contributed by atoms with van der Waals surface area (Å²) >= 11 is 0. The lowest BCUT2D eigenvalue weighted by molar-refractivity contribution is -0.142. The van der Waals surface area contributed by atoms with Crippen molar-refractivity contribution in [2.45, 2.75) is 84.8 Å². The Bertz CT molecular complexity index is 1290. The van der Waals surface area contributed by atoms with Gasteiger partial charge in [0, 0.05) is 12.6 Å². The van der Waals surface area contributed by atoms with Gasteiger partial charge in [-0.15, -0.1) is 0 Å². The summed E-state index contributed by atoms with van der Waals surface area (Å²) in [5, 5.41) is 5.98. The third kappa shape index (κ3) is 6.82. The van der Waals surface area contributed by atoms with Crippen molar-refractivity contribution in [3.05, 3.63) is 18.2 Å². The lowest BCUT2D eigenvalue weighted by Crippen LogP contribution is -2.57. The van der Waals surface area contributed by atoms with Gasteiger partial charge in [0.25, 0.3) is 11.9 Å². The van der Waals surface area contributed by atoms with Crippen molar-refractivity contribution in [2.75, 3.05) is 19.0 Å². The van der Waals surface area contributed by atoms with Gasteiger partial charge in [0.1, 0.15) is 23.3 Å². The molecular formula is C30H43N5O6. The number of hydrogen-bond acceptors (Lipinski definition) is 8. The first-order chi connectivity index (χ1) is 19.3. The van der Waals surface area contributed by atoms with E-state index in [1.165, 1.54) is 0 Å². The number of amides is 3. The van der Waals surface area contributed by atoms with Gasteiger partial charge in [-0.1, -0.05) is 53.9 Å². The first-order valence-corrected chi connectivity index (χ1v) is 14.4. The van der Waals surface area contributed by atoms with Crippen molar-refractivity contribution >= 4 is 40.6 Å². The number of hydrogen-bond donors (Lipinski definition) is 3. The van der Waals surface area contributed by atoms with Gasteiger partial charge in [0.2, 0.25) is 17.6 Å². The molecule has 41 heavy (non-hydrogen) atoms. The lowest BCUT2D eigenvalue weighted by Gasteiger charge is -2.35. The van der Waals surface area contributed by atoms with E-state index in [1.807, 2.05) is 20.8 Å². The minimum absolute atomic E-state index is 0.0871. The first-order valence-electron chi connectivity index (χ1n) is 14.4. The first kappa shape index (κ1) is 30.3. The second-order valence-electron chi connectivity index (χ2n) is 12.9. The van der Waals surface area contributed by atoms with E-state index in [2.05, 4.69) is 29.5 Å². The number of ketones is 1. The smallest absolute Gasteiger partial charge is 0.296 e. The number of fused-ring (bicyclic) bond motifs is 1. The van der Waals surface area contributed by atoms with Gasteiger partial charge in [-0.25, -0.2) is 0 Å². The zero-order valence-corrected chi connectivity index (χ0v) is 24.9. The van der Waals surface area contributed by atoms with Gasteiger partial charge < -0.3 is 30.4 Å². The molecule has 1 aromatic carbocycles. The van der Waals surface area contributed by atoms with Crippen LogP contribution in [-0.4, -0.2) is 65.2 Å². The molecule has 1 aromatic heterocycles. The summed E-state index contributed by atoms with van der Waals surface area (Å²) in [6.45, 7) is 10.3. The molecule has 2 unspecified atom stereocenters. The Balaban J connectivity index is 1.58. The molecule has 2 aliphatic rings. The van der Waals surface area contributed by atoms with E-state index < -0.39 is 41.1 Å². The van der Waals surface area contributed by atoms with E-state index in [1.54, 1.807) is 30.2 Å². The molecule has 2 heterocycles. The van der Waals surface area contributed by atoms with Gasteiger partial charge in [0.15, 0.2) is 5.58 Å². The van der Waals surface area contributed by atoms with Crippen molar-refractivity contribution in [3.8, 4) is 5.75 Å². The summed E-state index contributed by atoms with van der Waals surface area (Å²) in [6, 6.07) is 2.91. The normalized spacial score (nSPS) is 20.9. The van der Waals surface area contributed by atoms with Crippen LogP contribution >= 0.6 is 0 Å². The Labute approximate surface area is 240 Å². The van der Waals surface area contributed by atoms with E-state index in [9.17, 15) is 19.2 Å². The van der Waals surface area contributed by atoms with Crippen molar-refractivity contribution in [1.82, 2.24) is 15.2 Å². The third-order valence-corrected chi connectivity index (χ3v) is 8.51. The fourth-order valence-corrected chi connectivity index (χ4v) is 5.61. The minimum Gasteiger partial charge on any atom is -0.497 e. The second kappa shape index (κ2) is 12.1. The Kier molecular flexibility index (Phi) is 8.94. The van der Waals surface area contributed by atoms with Gasteiger partial charge in [-0.2, -0.15) is 4.98 Å². The average molecular weight is 570 g/mol. The number of oxazole rings is 1. The summed E-state index contributed by atoms with van der Waals surface area (Å²) in [7, 11) is 1.57. The molecule has 224 valence electrons. The molecule has 2 aromatic rings. The largest absolute Gasteiger partial charge is 0.497 e. The van der Waals surface area contributed by atoms with Crippen LogP contribution in [0.2, 0.25) is 0 Å². The molecule has 1 saturated heterocycles. The fraction of sp³-hybridized carbons (Fsp3) is 0.633. The van der Waals surface area contributed by atoms with E-state index in [0.717, 1.165) is 19.3 Å². The third-order valence-electron chi connectivity index (χ3n) is 8.51. The molecule has 0 spiro atoms. The summed E-state index contributed by atoms with van der Waals surface area (Å²) in [4.78, 5) is 58.4. The number of benzene rings is 1. The lowest BCUT2D eigenvalue weighted by atomic mass is 9.80. The number of aromatic nitrogens is 1. The number of nitrogens with two attached hydrogens (primary N) is 1. The summed E-state index contributed by atoms with van der Waals surface area (Å²) in [5.41, 5.74) is 5.87. The number of nitrogens with zero attached hydrogens (tertiary/aromatic N) is 2. The van der Waals surface area contributed by atoms with Gasteiger partial charge >= 0.3 is 0 Å².